The normalized spacial score (nSPS) is 21.6. The third-order valence-electron chi connectivity index (χ3n) is 6.12. The number of rotatable bonds is 6. The summed E-state index contributed by atoms with van der Waals surface area (Å²) in [5.41, 5.74) is 2.26. The number of fused-ring (bicyclic) bond motifs is 1. The summed E-state index contributed by atoms with van der Waals surface area (Å²) in [6.45, 7) is 10.3. The van der Waals surface area contributed by atoms with Gasteiger partial charge in [0.05, 0.1) is 0 Å². The van der Waals surface area contributed by atoms with Gasteiger partial charge in [-0.25, -0.2) is 0 Å². The van der Waals surface area contributed by atoms with Gasteiger partial charge in [-0.05, 0) is 44.2 Å². The minimum atomic E-state index is -0.0257. The Balaban J connectivity index is 1.32. The molecule has 0 spiro atoms. The number of hydrogen-bond acceptors (Lipinski definition) is 3. The molecule has 2 heterocycles. The highest BCUT2D eigenvalue weighted by atomic mass is 16.7. The van der Waals surface area contributed by atoms with Crippen molar-refractivity contribution in [2.75, 3.05) is 44.4 Å². The maximum Gasteiger partial charge on any atom is 0.284 e. The van der Waals surface area contributed by atoms with Gasteiger partial charge in [-0.1, -0.05) is 18.2 Å². The fourth-order valence-electron chi connectivity index (χ4n) is 4.36. The summed E-state index contributed by atoms with van der Waals surface area (Å²) in [7, 11) is 0. The zero-order valence-electron chi connectivity index (χ0n) is 17.3. The van der Waals surface area contributed by atoms with Crippen LogP contribution in [0.5, 0.6) is 11.5 Å². The van der Waals surface area contributed by atoms with Crippen LogP contribution >= 0.6 is 0 Å². The first kappa shape index (κ1) is 19.7. The second-order valence-corrected chi connectivity index (χ2v) is 7.91. The largest absolute Gasteiger partial charge is 0.454 e. The van der Waals surface area contributed by atoms with Crippen molar-refractivity contribution in [1.82, 2.24) is 0 Å². The number of nitrogens with one attached hydrogen (secondary N) is 2. The van der Waals surface area contributed by atoms with E-state index >= 15 is 0 Å². The molecule has 2 N–H and O–H groups in total. The number of benzene rings is 2. The molecule has 0 radical (unpaired) electrons. The first-order valence-electron chi connectivity index (χ1n) is 10.6. The van der Waals surface area contributed by atoms with Gasteiger partial charge in [-0.2, -0.15) is 0 Å². The number of quaternary nitrogens is 2. The summed E-state index contributed by atoms with van der Waals surface area (Å²) >= 11 is 0. The number of hydrogen-bond donors (Lipinski definition) is 2. The van der Waals surface area contributed by atoms with Gasteiger partial charge in [0.1, 0.15) is 32.7 Å². The highest BCUT2D eigenvalue weighted by molar-refractivity contribution is 5.96. The SMILES string of the molecule is CCN(C(=O)[C@H](C)[NH+]1CC[NH+](Cc2ccc3c(c2)OCO3)CC1)c1ccccc1. The molecule has 6 nitrogen and oxygen atoms in total. The van der Waals surface area contributed by atoms with Gasteiger partial charge in [-0.3, -0.25) is 4.79 Å². The van der Waals surface area contributed by atoms with Crippen LogP contribution in [0.4, 0.5) is 5.69 Å². The molecule has 0 aromatic heterocycles. The number of ether oxygens (including phenoxy) is 2. The lowest BCUT2D eigenvalue weighted by atomic mass is 10.1. The van der Waals surface area contributed by atoms with Crippen molar-refractivity contribution in [1.29, 1.82) is 0 Å². The van der Waals surface area contributed by atoms with Crippen LogP contribution in [-0.2, 0) is 11.3 Å². The highest BCUT2D eigenvalue weighted by Gasteiger charge is 2.33. The van der Waals surface area contributed by atoms with Gasteiger partial charge < -0.3 is 24.2 Å². The second kappa shape index (κ2) is 8.84. The van der Waals surface area contributed by atoms with Gasteiger partial charge >= 0.3 is 0 Å². The molecule has 1 atom stereocenters. The lowest BCUT2D eigenvalue weighted by Gasteiger charge is -2.34. The van der Waals surface area contributed by atoms with Gasteiger partial charge in [0.15, 0.2) is 17.5 Å². The molecule has 1 fully saturated rings. The zero-order chi connectivity index (χ0) is 20.2. The molecule has 2 aliphatic heterocycles. The molecule has 0 aliphatic carbocycles. The molecule has 29 heavy (non-hydrogen) atoms. The van der Waals surface area contributed by atoms with Crippen molar-refractivity contribution < 1.29 is 24.1 Å². The predicted molar refractivity (Wildman–Crippen MR) is 112 cm³/mol. The van der Waals surface area contributed by atoms with E-state index in [-0.39, 0.29) is 11.9 Å². The topological polar surface area (TPSA) is 47.7 Å². The summed E-state index contributed by atoms with van der Waals surface area (Å²) in [6.07, 6.45) is 0. The molecule has 0 saturated carbocycles. The van der Waals surface area contributed by atoms with Crippen LogP contribution in [0.1, 0.15) is 19.4 Å². The summed E-state index contributed by atoms with van der Waals surface area (Å²) in [5, 5.41) is 0. The number of para-hydroxylation sites is 1. The Morgan fingerprint density at radius 2 is 1.76 bits per heavy atom. The fraction of sp³-hybridized carbons (Fsp3) is 0.435. The van der Waals surface area contributed by atoms with Crippen molar-refractivity contribution in [2.24, 2.45) is 0 Å². The van der Waals surface area contributed by atoms with E-state index in [9.17, 15) is 4.79 Å². The van der Waals surface area contributed by atoms with Crippen LogP contribution in [-0.4, -0.2) is 51.5 Å². The molecular weight excluding hydrogens is 366 g/mol. The quantitative estimate of drug-likeness (QED) is 0.729. The van der Waals surface area contributed by atoms with E-state index < -0.39 is 0 Å². The standard InChI is InChI=1S/C23H29N3O3/c1-3-26(20-7-5-4-6-8-20)23(27)18(2)25-13-11-24(12-14-25)16-19-9-10-21-22(15-19)29-17-28-21/h4-10,15,18H,3,11-14,16-17H2,1-2H3/p+2/t18-/m0/s1. The van der Waals surface area contributed by atoms with Gasteiger partial charge in [0.2, 0.25) is 6.79 Å². The number of piperazine rings is 1. The minimum absolute atomic E-state index is 0.0257. The van der Waals surface area contributed by atoms with Crippen LogP contribution in [0.15, 0.2) is 48.5 Å². The van der Waals surface area contributed by atoms with E-state index in [1.807, 2.05) is 48.2 Å². The van der Waals surface area contributed by atoms with Crippen LogP contribution in [0, 0.1) is 0 Å². The number of carbonyl (C=O) groups excluding carboxylic acids is 1. The fourth-order valence-corrected chi connectivity index (χ4v) is 4.36. The minimum Gasteiger partial charge on any atom is -0.454 e. The Morgan fingerprint density at radius 1 is 1.03 bits per heavy atom. The van der Waals surface area contributed by atoms with Crippen molar-refractivity contribution in [3.63, 3.8) is 0 Å². The molecule has 1 amide bonds. The first-order chi connectivity index (χ1) is 14.2. The second-order valence-electron chi connectivity index (χ2n) is 7.91. The van der Waals surface area contributed by atoms with Crippen molar-refractivity contribution in [3.8, 4) is 11.5 Å². The van der Waals surface area contributed by atoms with E-state index in [1.165, 1.54) is 10.5 Å². The molecule has 0 unspecified atom stereocenters. The summed E-state index contributed by atoms with van der Waals surface area (Å²) in [4.78, 5) is 18.0. The number of nitrogens with zero attached hydrogens (tertiary/aromatic N) is 1. The van der Waals surface area contributed by atoms with Crippen LogP contribution in [0.25, 0.3) is 0 Å². The molecule has 154 valence electrons. The van der Waals surface area contributed by atoms with Gasteiger partial charge in [-0.15, -0.1) is 0 Å². The van der Waals surface area contributed by atoms with E-state index in [2.05, 4.69) is 19.1 Å². The van der Waals surface area contributed by atoms with E-state index in [0.717, 1.165) is 49.9 Å². The molecule has 4 rings (SSSR count). The first-order valence-corrected chi connectivity index (χ1v) is 10.6. The van der Waals surface area contributed by atoms with E-state index in [0.29, 0.717) is 13.3 Å². The maximum atomic E-state index is 13.1. The molecule has 1 saturated heterocycles. The number of carbonyl (C=O) groups is 1. The number of amides is 1. The summed E-state index contributed by atoms with van der Waals surface area (Å²) in [5.74, 6) is 1.91. The Labute approximate surface area is 172 Å². The van der Waals surface area contributed by atoms with Gasteiger partial charge in [0.25, 0.3) is 5.91 Å². The monoisotopic (exact) mass is 397 g/mol. The number of likely N-dealkylation sites (N-methyl/N-ethyl adjacent to an activating group) is 1. The average molecular weight is 398 g/mol. The third-order valence-corrected chi connectivity index (χ3v) is 6.12. The number of anilines is 1. The molecule has 6 heteroatoms. The van der Waals surface area contributed by atoms with Crippen molar-refractivity contribution in [3.05, 3.63) is 54.1 Å². The van der Waals surface area contributed by atoms with Crippen molar-refractivity contribution in [2.45, 2.75) is 26.4 Å². The summed E-state index contributed by atoms with van der Waals surface area (Å²) in [6, 6.07) is 16.2. The smallest absolute Gasteiger partial charge is 0.284 e. The lowest BCUT2D eigenvalue weighted by molar-refractivity contribution is -1.02. The Morgan fingerprint density at radius 3 is 2.48 bits per heavy atom. The Kier molecular flexibility index (Phi) is 6.02. The third kappa shape index (κ3) is 4.38. The van der Waals surface area contributed by atoms with Crippen LogP contribution in [0.3, 0.4) is 0 Å². The molecule has 2 aliphatic rings. The predicted octanol–water partition coefficient (Wildman–Crippen LogP) is 0.140. The van der Waals surface area contributed by atoms with Crippen molar-refractivity contribution >= 4 is 11.6 Å². The van der Waals surface area contributed by atoms with E-state index in [1.54, 1.807) is 4.90 Å². The van der Waals surface area contributed by atoms with E-state index in [4.69, 9.17) is 9.47 Å². The van der Waals surface area contributed by atoms with Gasteiger partial charge in [0, 0.05) is 17.8 Å². The van der Waals surface area contributed by atoms with Crippen LogP contribution in [0.2, 0.25) is 0 Å². The molecule has 0 bridgehead atoms. The maximum absolute atomic E-state index is 13.1. The Hall–Kier alpha value is -2.57. The molecule has 2 aromatic rings. The summed E-state index contributed by atoms with van der Waals surface area (Å²) < 4.78 is 10.9. The Bertz CT molecular complexity index is 835. The highest BCUT2D eigenvalue weighted by Crippen LogP contribution is 2.32. The zero-order valence-corrected chi connectivity index (χ0v) is 17.3. The van der Waals surface area contributed by atoms with Crippen LogP contribution < -0.4 is 24.2 Å². The molecule has 2 aromatic carbocycles. The molecular formula is C23H31N3O3+2. The average Bonchev–Trinajstić information content (AvgIpc) is 3.23. The lowest BCUT2D eigenvalue weighted by Crippen LogP contribution is -3.29.